The van der Waals surface area contributed by atoms with E-state index < -0.39 is 0 Å². The van der Waals surface area contributed by atoms with Crippen LogP contribution in [0.1, 0.15) is 18.9 Å². The smallest absolute Gasteiger partial charge is 0.201 e. The molecule has 0 aliphatic rings. The van der Waals surface area contributed by atoms with Crippen LogP contribution >= 0.6 is 15.9 Å². The highest BCUT2D eigenvalue weighted by Gasteiger charge is 2.11. The Balaban J connectivity index is 2.36. The molecule has 0 bridgehead atoms. The molecule has 3 nitrogen and oxygen atoms in total. The molecule has 1 heterocycles. The van der Waals surface area contributed by atoms with Gasteiger partial charge in [0.1, 0.15) is 10.3 Å². The minimum absolute atomic E-state index is 0.518. The molecule has 0 unspecified atom stereocenters. The van der Waals surface area contributed by atoms with Crippen LogP contribution in [-0.4, -0.2) is 9.55 Å². The molecule has 0 aliphatic carbocycles. The van der Waals surface area contributed by atoms with Crippen LogP contribution in [0.3, 0.4) is 0 Å². The molecule has 1 aromatic carbocycles. The van der Waals surface area contributed by atoms with Crippen LogP contribution in [0.4, 0.5) is 5.95 Å². The van der Waals surface area contributed by atoms with Crippen molar-refractivity contribution in [2.45, 2.75) is 19.8 Å². The van der Waals surface area contributed by atoms with Crippen molar-refractivity contribution < 1.29 is 0 Å². The zero-order chi connectivity index (χ0) is 12.4. The van der Waals surface area contributed by atoms with Crippen LogP contribution in [0.15, 0.2) is 28.9 Å². The van der Waals surface area contributed by atoms with Gasteiger partial charge in [0.2, 0.25) is 5.95 Å². The molecule has 17 heavy (non-hydrogen) atoms. The van der Waals surface area contributed by atoms with E-state index in [1.807, 2.05) is 11.6 Å². The predicted octanol–water partition coefficient (Wildman–Crippen LogP) is 3.38. The van der Waals surface area contributed by atoms with Gasteiger partial charge < -0.3 is 10.3 Å². The molecule has 90 valence electrons. The van der Waals surface area contributed by atoms with E-state index in [1.54, 1.807) is 0 Å². The number of nitrogens with two attached hydrogens (primary N) is 1. The summed E-state index contributed by atoms with van der Waals surface area (Å²) in [4.78, 5) is 4.35. The third-order valence-corrected chi connectivity index (χ3v) is 3.73. The fraction of sp³-hybridized carbons (Fsp3) is 0.308. The first-order valence-electron chi connectivity index (χ1n) is 5.70. The van der Waals surface area contributed by atoms with Gasteiger partial charge in [0.05, 0.1) is 0 Å². The van der Waals surface area contributed by atoms with Crippen molar-refractivity contribution in [2.75, 3.05) is 5.73 Å². The lowest BCUT2D eigenvalue weighted by Gasteiger charge is -2.02. The van der Waals surface area contributed by atoms with Gasteiger partial charge in [0.25, 0.3) is 0 Å². The third-order valence-electron chi connectivity index (χ3n) is 2.83. The van der Waals surface area contributed by atoms with Gasteiger partial charge in [-0.1, -0.05) is 37.6 Å². The van der Waals surface area contributed by atoms with Crippen molar-refractivity contribution in [3.8, 4) is 11.3 Å². The molecule has 2 aromatic rings. The molecule has 0 amide bonds. The second-order valence-electron chi connectivity index (χ2n) is 4.12. The second kappa shape index (κ2) is 4.92. The molecule has 1 aromatic heterocycles. The SMILES string of the molecule is CCCc1ccc(-c2nc(N)n(C)c2Br)cc1. The minimum Gasteiger partial charge on any atom is -0.369 e. The number of aryl methyl sites for hydroxylation is 1. The van der Waals surface area contributed by atoms with Gasteiger partial charge in [-0.25, -0.2) is 4.98 Å². The number of aromatic nitrogens is 2. The van der Waals surface area contributed by atoms with Gasteiger partial charge >= 0.3 is 0 Å². The molecule has 4 heteroatoms. The molecule has 0 saturated heterocycles. The summed E-state index contributed by atoms with van der Waals surface area (Å²) in [5.41, 5.74) is 9.12. The second-order valence-corrected chi connectivity index (χ2v) is 4.87. The Labute approximate surface area is 110 Å². The maximum absolute atomic E-state index is 5.78. The molecule has 2 N–H and O–H groups in total. The van der Waals surface area contributed by atoms with Crippen molar-refractivity contribution in [1.82, 2.24) is 9.55 Å². The first-order chi connectivity index (χ1) is 8.13. The topological polar surface area (TPSA) is 43.8 Å². The van der Waals surface area contributed by atoms with Crippen LogP contribution < -0.4 is 5.73 Å². The average molecular weight is 294 g/mol. The average Bonchev–Trinajstić information content (AvgIpc) is 2.59. The summed E-state index contributed by atoms with van der Waals surface area (Å²) in [6, 6.07) is 8.49. The number of anilines is 1. The van der Waals surface area contributed by atoms with Gasteiger partial charge in [0.15, 0.2) is 0 Å². The third kappa shape index (κ3) is 2.36. The lowest BCUT2D eigenvalue weighted by Crippen LogP contribution is -1.96. The first-order valence-corrected chi connectivity index (χ1v) is 6.49. The van der Waals surface area contributed by atoms with E-state index >= 15 is 0 Å². The lowest BCUT2D eigenvalue weighted by molar-refractivity contribution is 0.907. The largest absolute Gasteiger partial charge is 0.369 e. The quantitative estimate of drug-likeness (QED) is 0.943. The fourth-order valence-electron chi connectivity index (χ4n) is 1.80. The Morgan fingerprint density at radius 2 is 1.94 bits per heavy atom. The summed E-state index contributed by atoms with van der Waals surface area (Å²) in [6.07, 6.45) is 2.28. The highest BCUT2D eigenvalue weighted by atomic mass is 79.9. The van der Waals surface area contributed by atoms with E-state index in [-0.39, 0.29) is 0 Å². The number of hydrogen-bond acceptors (Lipinski definition) is 2. The number of nitrogens with zero attached hydrogens (tertiary/aromatic N) is 2. The highest BCUT2D eigenvalue weighted by Crippen LogP contribution is 2.29. The summed E-state index contributed by atoms with van der Waals surface area (Å²) in [5.74, 6) is 0.518. The van der Waals surface area contributed by atoms with Crippen molar-refractivity contribution in [2.24, 2.45) is 7.05 Å². The van der Waals surface area contributed by atoms with E-state index in [4.69, 9.17) is 5.73 Å². The maximum Gasteiger partial charge on any atom is 0.201 e. The van der Waals surface area contributed by atoms with E-state index in [2.05, 4.69) is 52.1 Å². The standard InChI is InChI=1S/C13H16BrN3/c1-3-4-9-5-7-10(8-6-9)11-12(14)17(2)13(15)16-11/h5-8H,3-4H2,1-2H3,(H2,15,16). The van der Waals surface area contributed by atoms with Crippen molar-refractivity contribution in [1.29, 1.82) is 0 Å². The number of rotatable bonds is 3. The van der Waals surface area contributed by atoms with Crippen LogP contribution in [0.2, 0.25) is 0 Å². The normalized spacial score (nSPS) is 10.8. The fourth-order valence-corrected chi connectivity index (χ4v) is 2.30. The molecule has 0 fully saturated rings. The molecule has 0 saturated carbocycles. The molecular weight excluding hydrogens is 278 g/mol. The highest BCUT2D eigenvalue weighted by molar-refractivity contribution is 9.10. The Morgan fingerprint density at radius 1 is 1.29 bits per heavy atom. The summed E-state index contributed by atoms with van der Waals surface area (Å²) in [5, 5.41) is 0. The minimum atomic E-state index is 0.518. The van der Waals surface area contributed by atoms with Crippen LogP contribution in [0.25, 0.3) is 11.3 Å². The predicted molar refractivity (Wildman–Crippen MR) is 74.8 cm³/mol. The zero-order valence-electron chi connectivity index (χ0n) is 10.1. The van der Waals surface area contributed by atoms with E-state index in [1.165, 1.54) is 12.0 Å². The maximum atomic E-state index is 5.78. The monoisotopic (exact) mass is 293 g/mol. The molecule has 0 aliphatic heterocycles. The van der Waals surface area contributed by atoms with Crippen molar-refractivity contribution in [3.63, 3.8) is 0 Å². The lowest BCUT2D eigenvalue weighted by atomic mass is 10.1. The van der Waals surface area contributed by atoms with Gasteiger partial charge in [0, 0.05) is 12.6 Å². The Hall–Kier alpha value is -1.29. The van der Waals surface area contributed by atoms with Gasteiger partial charge in [-0.15, -0.1) is 0 Å². The molecule has 0 radical (unpaired) electrons. The van der Waals surface area contributed by atoms with E-state index in [9.17, 15) is 0 Å². The first kappa shape index (κ1) is 12.2. The number of imidazole rings is 1. The molecular formula is C13H16BrN3. The van der Waals surface area contributed by atoms with E-state index in [0.717, 1.165) is 22.3 Å². The van der Waals surface area contributed by atoms with E-state index in [0.29, 0.717) is 5.95 Å². The molecule has 2 rings (SSSR count). The number of benzene rings is 1. The Bertz CT molecular complexity index is 514. The molecule has 0 atom stereocenters. The summed E-state index contributed by atoms with van der Waals surface area (Å²) in [7, 11) is 1.89. The summed E-state index contributed by atoms with van der Waals surface area (Å²) < 4.78 is 2.74. The van der Waals surface area contributed by atoms with Crippen molar-refractivity contribution >= 4 is 21.9 Å². The van der Waals surface area contributed by atoms with Gasteiger partial charge in [-0.3, -0.25) is 0 Å². The van der Waals surface area contributed by atoms with Crippen LogP contribution in [0, 0.1) is 0 Å². The van der Waals surface area contributed by atoms with Crippen LogP contribution in [-0.2, 0) is 13.5 Å². The van der Waals surface area contributed by atoms with Crippen LogP contribution in [0.5, 0.6) is 0 Å². The number of hydrogen-bond donors (Lipinski definition) is 1. The molecule has 0 spiro atoms. The van der Waals surface area contributed by atoms with Gasteiger partial charge in [-0.2, -0.15) is 0 Å². The summed E-state index contributed by atoms with van der Waals surface area (Å²) >= 11 is 3.51. The van der Waals surface area contributed by atoms with Crippen molar-refractivity contribution in [3.05, 3.63) is 34.4 Å². The Kier molecular flexibility index (Phi) is 3.52. The Morgan fingerprint density at radius 3 is 2.41 bits per heavy atom. The summed E-state index contributed by atoms with van der Waals surface area (Å²) in [6.45, 7) is 2.18. The zero-order valence-corrected chi connectivity index (χ0v) is 11.7. The number of halogens is 1. The van der Waals surface area contributed by atoms with Gasteiger partial charge in [-0.05, 0) is 27.9 Å². The number of nitrogen functional groups attached to an aromatic ring is 1.